The highest BCUT2D eigenvalue weighted by atomic mass is 32.1. The van der Waals surface area contributed by atoms with Crippen LogP contribution in [0.3, 0.4) is 0 Å². The number of thiol groups is 1. The average molecular weight is 351 g/mol. The summed E-state index contributed by atoms with van der Waals surface area (Å²) in [6.07, 6.45) is 4.85. The van der Waals surface area contributed by atoms with E-state index in [0.29, 0.717) is 26.2 Å². The predicted molar refractivity (Wildman–Crippen MR) is 96.3 cm³/mol. The minimum Gasteiger partial charge on any atom is -0.374 e. The maximum atomic E-state index is 11.4. The van der Waals surface area contributed by atoms with Crippen molar-refractivity contribution in [1.82, 2.24) is 0 Å². The summed E-state index contributed by atoms with van der Waals surface area (Å²) in [5.74, 6) is 0.151. The Morgan fingerprint density at radius 3 is 1.86 bits per heavy atom. The van der Waals surface area contributed by atoms with Gasteiger partial charge in [0.15, 0.2) is 5.12 Å². The molecule has 0 N–H and O–H groups in total. The highest BCUT2D eigenvalue weighted by molar-refractivity contribution is 7.96. The first-order valence-electron chi connectivity index (χ1n) is 8.60. The Labute approximate surface area is 143 Å². The van der Waals surface area contributed by atoms with E-state index in [1.54, 1.807) is 0 Å². The summed E-state index contributed by atoms with van der Waals surface area (Å²) >= 11 is 3.95. The number of hydrogen-bond donors (Lipinski definition) is 1. The van der Waals surface area contributed by atoms with Gasteiger partial charge in [0.2, 0.25) is 0 Å². The van der Waals surface area contributed by atoms with Gasteiger partial charge in [-0.3, -0.25) is 4.79 Å². The Morgan fingerprint density at radius 2 is 1.50 bits per heavy atom. The minimum absolute atomic E-state index is 0.0830. The summed E-state index contributed by atoms with van der Waals surface area (Å²) in [5, 5.41) is -0.0830. The third-order valence-electron chi connectivity index (χ3n) is 3.79. The van der Waals surface area contributed by atoms with Gasteiger partial charge in [-0.25, -0.2) is 0 Å². The lowest BCUT2D eigenvalue weighted by Gasteiger charge is -2.38. The lowest BCUT2D eigenvalue weighted by molar-refractivity contribution is -0.111. The van der Waals surface area contributed by atoms with Gasteiger partial charge in [0.25, 0.3) is 0 Å². The van der Waals surface area contributed by atoms with Crippen molar-refractivity contribution in [3.8, 4) is 0 Å². The monoisotopic (exact) mass is 350 g/mol. The first-order chi connectivity index (χ1) is 10.5. The first-order valence-corrected chi connectivity index (χ1v) is 10.9. The molecule has 0 saturated carbocycles. The van der Waals surface area contributed by atoms with E-state index in [4.69, 9.17) is 13.3 Å². The van der Waals surface area contributed by atoms with Crippen LogP contribution in [0.25, 0.3) is 0 Å². The lowest BCUT2D eigenvalue weighted by atomic mass is 9.99. The van der Waals surface area contributed by atoms with Gasteiger partial charge in [-0.2, -0.15) is 0 Å². The van der Waals surface area contributed by atoms with Crippen LogP contribution in [-0.2, 0) is 18.1 Å². The third-order valence-corrected chi connectivity index (χ3v) is 7.81. The van der Waals surface area contributed by atoms with E-state index in [-0.39, 0.29) is 16.6 Å². The summed E-state index contributed by atoms with van der Waals surface area (Å²) in [5.41, 5.74) is 0.148. The second-order valence-corrected chi connectivity index (χ2v) is 8.89. The van der Waals surface area contributed by atoms with E-state index in [1.807, 2.05) is 20.8 Å². The zero-order valence-corrected chi connectivity index (χ0v) is 16.8. The second-order valence-electron chi connectivity index (χ2n) is 5.58. The molecular weight excluding hydrogens is 316 g/mol. The van der Waals surface area contributed by atoms with Crippen LogP contribution in [0.5, 0.6) is 0 Å². The molecule has 0 bridgehead atoms. The van der Waals surface area contributed by atoms with Gasteiger partial charge in [-0.15, -0.1) is 12.6 Å². The van der Waals surface area contributed by atoms with Crippen LogP contribution in [0.2, 0.25) is 5.54 Å². The zero-order valence-electron chi connectivity index (χ0n) is 14.9. The molecule has 0 radical (unpaired) electrons. The van der Waals surface area contributed by atoms with E-state index in [9.17, 15) is 4.79 Å². The molecule has 132 valence electrons. The molecule has 0 fully saturated rings. The van der Waals surface area contributed by atoms with Crippen LogP contribution in [0.1, 0.15) is 66.7 Å². The van der Waals surface area contributed by atoms with Gasteiger partial charge >= 0.3 is 8.80 Å². The molecule has 22 heavy (non-hydrogen) atoms. The van der Waals surface area contributed by atoms with Gasteiger partial charge in [-0.05, 0) is 33.1 Å². The highest BCUT2D eigenvalue weighted by Gasteiger charge is 2.51. The molecule has 0 saturated heterocycles. The molecule has 0 aliphatic carbocycles. The average Bonchev–Trinajstić information content (AvgIpc) is 2.43. The maximum Gasteiger partial charge on any atom is 0.504 e. The molecule has 0 aromatic rings. The third kappa shape index (κ3) is 7.59. The van der Waals surface area contributed by atoms with Crippen molar-refractivity contribution in [2.45, 2.75) is 72.3 Å². The number of hydrogen-bond acceptors (Lipinski definition) is 4. The van der Waals surface area contributed by atoms with Crippen molar-refractivity contribution >= 4 is 26.5 Å². The quantitative estimate of drug-likeness (QED) is 0.285. The SMILES string of the molecule is CCCCCC(C(C)CC(=O)S)[Si](OCC)(OCC)OCC. The fourth-order valence-electron chi connectivity index (χ4n) is 2.89. The maximum absolute atomic E-state index is 11.4. The molecule has 2 unspecified atom stereocenters. The summed E-state index contributed by atoms with van der Waals surface area (Å²) in [7, 11) is -2.79. The molecule has 6 heteroatoms. The fraction of sp³-hybridized carbons (Fsp3) is 0.938. The standard InChI is InChI=1S/C16H34O4SSi/c1-6-10-11-12-15(14(5)13-16(17)21)22(18-7-2,19-8-3)20-9-4/h14-15H,6-13H2,1-5H3,(H,17,21). The van der Waals surface area contributed by atoms with Crippen molar-refractivity contribution in [3.05, 3.63) is 0 Å². The highest BCUT2D eigenvalue weighted by Crippen LogP contribution is 2.39. The van der Waals surface area contributed by atoms with Crippen LogP contribution in [-0.4, -0.2) is 33.7 Å². The van der Waals surface area contributed by atoms with E-state index >= 15 is 0 Å². The smallest absolute Gasteiger partial charge is 0.374 e. The predicted octanol–water partition coefficient (Wildman–Crippen LogP) is 4.47. The van der Waals surface area contributed by atoms with E-state index in [2.05, 4.69) is 26.5 Å². The summed E-state index contributed by atoms with van der Waals surface area (Å²) in [4.78, 5) is 11.4. The van der Waals surface area contributed by atoms with Gasteiger partial charge in [0, 0.05) is 31.8 Å². The minimum atomic E-state index is -2.79. The first kappa shape index (κ1) is 22.1. The summed E-state index contributed by atoms with van der Waals surface area (Å²) in [6.45, 7) is 11.9. The van der Waals surface area contributed by atoms with Crippen LogP contribution in [0.4, 0.5) is 0 Å². The second kappa shape index (κ2) is 12.5. The van der Waals surface area contributed by atoms with E-state index in [1.165, 1.54) is 12.8 Å². The van der Waals surface area contributed by atoms with Crippen molar-refractivity contribution in [3.63, 3.8) is 0 Å². The van der Waals surface area contributed by atoms with Gasteiger partial charge in [-0.1, -0.05) is 33.1 Å². The van der Waals surface area contributed by atoms with Crippen LogP contribution < -0.4 is 0 Å². The summed E-state index contributed by atoms with van der Waals surface area (Å²) < 4.78 is 18.2. The number of carbonyl (C=O) groups is 1. The van der Waals surface area contributed by atoms with Gasteiger partial charge in [0.1, 0.15) is 0 Å². The topological polar surface area (TPSA) is 44.8 Å². The van der Waals surface area contributed by atoms with E-state index in [0.717, 1.165) is 12.8 Å². The number of carbonyl (C=O) groups excluding carboxylic acids is 1. The lowest BCUT2D eigenvalue weighted by Crippen LogP contribution is -2.52. The van der Waals surface area contributed by atoms with Crippen molar-refractivity contribution in [2.24, 2.45) is 5.92 Å². The Hall–Kier alpha value is 0.117. The molecule has 0 aromatic heterocycles. The number of rotatable bonds is 14. The molecule has 0 aliphatic heterocycles. The normalized spacial score (nSPS) is 14.8. The van der Waals surface area contributed by atoms with Crippen LogP contribution in [0.15, 0.2) is 0 Å². The molecule has 4 nitrogen and oxygen atoms in total. The molecule has 0 rings (SSSR count). The Balaban J connectivity index is 5.32. The Kier molecular flexibility index (Phi) is 12.6. The molecule has 2 atom stereocenters. The van der Waals surface area contributed by atoms with Gasteiger partial charge < -0.3 is 13.3 Å². The molecule has 0 heterocycles. The van der Waals surface area contributed by atoms with Crippen molar-refractivity contribution in [2.75, 3.05) is 19.8 Å². The molecular formula is C16H34O4SSi. The Morgan fingerprint density at radius 1 is 1.00 bits per heavy atom. The van der Waals surface area contributed by atoms with Crippen LogP contribution >= 0.6 is 12.6 Å². The van der Waals surface area contributed by atoms with Crippen LogP contribution in [0, 0.1) is 5.92 Å². The molecule has 0 aliphatic rings. The van der Waals surface area contributed by atoms with Crippen molar-refractivity contribution < 1.29 is 18.1 Å². The molecule has 0 aromatic carbocycles. The fourth-order valence-corrected chi connectivity index (χ4v) is 6.65. The Bertz CT molecular complexity index is 285. The largest absolute Gasteiger partial charge is 0.504 e. The molecule has 0 amide bonds. The van der Waals surface area contributed by atoms with Gasteiger partial charge in [0.05, 0.1) is 0 Å². The molecule has 0 spiro atoms. The number of unbranched alkanes of at least 4 members (excludes halogenated alkanes) is 2. The summed E-state index contributed by atoms with van der Waals surface area (Å²) in [6, 6.07) is 0. The zero-order chi connectivity index (χ0) is 17.0. The van der Waals surface area contributed by atoms with Crippen molar-refractivity contribution in [1.29, 1.82) is 0 Å². The van der Waals surface area contributed by atoms with E-state index < -0.39 is 8.80 Å².